The molecule has 3 rings (SSSR count). The van der Waals surface area contributed by atoms with Crippen LogP contribution in [0.15, 0.2) is 15.1 Å². The van der Waals surface area contributed by atoms with Gasteiger partial charge in [-0.3, -0.25) is 4.79 Å². The first kappa shape index (κ1) is 14.7. The smallest absolute Gasteiger partial charge is 0.276 e. The van der Waals surface area contributed by atoms with Crippen LogP contribution in [0.5, 0.6) is 0 Å². The lowest BCUT2D eigenvalue weighted by atomic mass is 9.96. The van der Waals surface area contributed by atoms with E-state index in [0.717, 1.165) is 31.5 Å². The number of hydrogen-bond donors (Lipinski definition) is 0. The summed E-state index contributed by atoms with van der Waals surface area (Å²) in [6.07, 6.45) is 3.50. The van der Waals surface area contributed by atoms with Crippen LogP contribution in [0.2, 0.25) is 0 Å². The molecule has 0 aliphatic carbocycles. The second-order valence-corrected chi connectivity index (χ2v) is 5.69. The zero-order valence-electron chi connectivity index (χ0n) is 12.9. The van der Waals surface area contributed by atoms with Gasteiger partial charge in [-0.2, -0.15) is 4.98 Å². The topological polar surface area (TPSA) is 85.3 Å². The van der Waals surface area contributed by atoms with E-state index < -0.39 is 0 Å². The van der Waals surface area contributed by atoms with Crippen molar-refractivity contribution in [2.75, 3.05) is 13.1 Å². The molecule has 7 nitrogen and oxygen atoms in total. The molecule has 0 N–H and O–H groups in total. The lowest BCUT2D eigenvalue weighted by Gasteiger charge is -2.29. The Bertz CT molecular complexity index is 641. The maximum absolute atomic E-state index is 12.3. The van der Waals surface area contributed by atoms with Crippen molar-refractivity contribution in [3.8, 4) is 0 Å². The summed E-state index contributed by atoms with van der Waals surface area (Å²) in [4.78, 5) is 18.5. The highest BCUT2D eigenvalue weighted by molar-refractivity contribution is 5.92. The first-order valence-electron chi connectivity index (χ1n) is 7.72. The minimum Gasteiger partial charge on any atom is -0.361 e. The number of likely N-dealkylation sites (tertiary alicyclic amines) is 1. The third-order valence-electron chi connectivity index (χ3n) is 3.94. The third-order valence-corrected chi connectivity index (χ3v) is 3.94. The summed E-state index contributed by atoms with van der Waals surface area (Å²) in [5, 5.41) is 7.78. The van der Waals surface area contributed by atoms with Gasteiger partial charge in [-0.1, -0.05) is 17.2 Å². The van der Waals surface area contributed by atoms with Crippen LogP contribution in [-0.4, -0.2) is 39.2 Å². The Hall–Kier alpha value is -2.18. The Morgan fingerprint density at radius 1 is 1.32 bits per heavy atom. The Balaban J connectivity index is 1.58. The monoisotopic (exact) mass is 304 g/mol. The summed E-state index contributed by atoms with van der Waals surface area (Å²) in [5.41, 5.74) is 0.374. The minimum atomic E-state index is -0.0764. The van der Waals surface area contributed by atoms with Crippen molar-refractivity contribution >= 4 is 5.91 Å². The van der Waals surface area contributed by atoms with Gasteiger partial charge in [0, 0.05) is 31.5 Å². The Morgan fingerprint density at radius 3 is 2.73 bits per heavy atom. The van der Waals surface area contributed by atoms with Crippen LogP contribution in [0.25, 0.3) is 0 Å². The van der Waals surface area contributed by atoms with Gasteiger partial charge in [-0.15, -0.1) is 0 Å². The molecule has 2 aromatic heterocycles. The molecule has 118 valence electrons. The number of aromatic nitrogens is 3. The second kappa shape index (κ2) is 6.29. The number of amides is 1. The van der Waals surface area contributed by atoms with E-state index in [-0.39, 0.29) is 11.8 Å². The number of piperidine rings is 1. The van der Waals surface area contributed by atoms with Gasteiger partial charge in [0.15, 0.2) is 11.5 Å². The number of hydrogen-bond acceptors (Lipinski definition) is 6. The number of rotatable bonds is 4. The van der Waals surface area contributed by atoms with Crippen LogP contribution in [0.3, 0.4) is 0 Å². The number of carbonyl (C=O) groups excluding carboxylic acids is 1. The van der Waals surface area contributed by atoms with Crippen molar-refractivity contribution < 1.29 is 13.8 Å². The van der Waals surface area contributed by atoms with Crippen LogP contribution in [0.4, 0.5) is 0 Å². The third kappa shape index (κ3) is 3.03. The van der Waals surface area contributed by atoms with E-state index in [4.69, 9.17) is 9.05 Å². The van der Waals surface area contributed by atoms with Crippen molar-refractivity contribution in [1.82, 2.24) is 20.2 Å². The molecule has 0 saturated carbocycles. The lowest BCUT2D eigenvalue weighted by molar-refractivity contribution is 0.0694. The van der Waals surface area contributed by atoms with Crippen LogP contribution >= 0.6 is 0 Å². The van der Waals surface area contributed by atoms with E-state index in [1.165, 1.54) is 0 Å². The predicted molar refractivity (Wildman–Crippen MR) is 77.4 cm³/mol. The van der Waals surface area contributed by atoms with Gasteiger partial charge >= 0.3 is 0 Å². The first-order chi connectivity index (χ1) is 10.7. The van der Waals surface area contributed by atoms with Crippen molar-refractivity contribution in [2.45, 2.75) is 45.4 Å². The van der Waals surface area contributed by atoms with Crippen LogP contribution in [0.1, 0.15) is 60.1 Å². The maximum atomic E-state index is 12.3. The highest BCUT2D eigenvalue weighted by atomic mass is 16.5. The van der Waals surface area contributed by atoms with E-state index in [1.807, 2.05) is 0 Å². The molecule has 0 atom stereocenters. The van der Waals surface area contributed by atoms with Crippen LogP contribution in [-0.2, 0) is 6.42 Å². The molecule has 22 heavy (non-hydrogen) atoms. The second-order valence-electron chi connectivity index (χ2n) is 5.69. The Labute approximate surface area is 128 Å². The van der Waals surface area contributed by atoms with E-state index in [1.54, 1.807) is 17.9 Å². The van der Waals surface area contributed by atoms with Gasteiger partial charge in [0.1, 0.15) is 5.76 Å². The van der Waals surface area contributed by atoms with E-state index in [2.05, 4.69) is 22.2 Å². The number of nitrogens with zero attached hydrogens (tertiary/aromatic N) is 4. The van der Waals surface area contributed by atoms with Gasteiger partial charge in [-0.05, 0) is 26.2 Å². The Morgan fingerprint density at radius 2 is 2.09 bits per heavy atom. The molecular weight excluding hydrogens is 284 g/mol. The van der Waals surface area contributed by atoms with Gasteiger partial charge in [-0.25, -0.2) is 0 Å². The van der Waals surface area contributed by atoms with Crippen molar-refractivity contribution in [1.29, 1.82) is 0 Å². The fourth-order valence-electron chi connectivity index (χ4n) is 2.72. The summed E-state index contributed by atoms with van der Waals surface area (Å²) in [5.74, 6) is 2.28. The minimum absolute atomic E-state index is 0.0764. The summed E-state index contributed by atoms with van der Waals surface area (Å²) in [6.45, 7) is 5.20. The summed E-state index contributed by atoms with van der Waals surface area (Å²) in [6, 6.07) is 1.67. The molecule has 0 aromatic carbocycles. The molecule has 7 heteroatoms. The molecule has 1 aliphatic rings. The molecule has 3 heterocycles. The molecular formula is C15H20N4O3. The molecule has 0 unspecified atom stereocenters. The molecule has 2 aromatic rings. The normalized spacial score (nSPS) is 16.2. The summed E-state index contributed by atoms with van der Waals surface area (Å²) >= 11 is 0. The molecule has 0 radical (unpaired) electrons. The van der Waals surface area contributed by atoms with E-state index >= 15 is 0 Å². The number of carbonyl (C=O) groups is 1. The van der Waals surface area contributed by atoms with Crippen LogP contribution < -0.4 is 0 Å². The Kier molecular flexibility index (Phi) is 4.22. The summed E-state index contributed by atoms with van der Waals surface area (Å²) in [7, 11) is 0. The fraction of sp³-hybridized carbons (Fsp3) is 0.600. The van der Waals surface area contributed by atoms with Crippen molar-refractivity contribution in [2.24, 2.45) is 0 Å². The molecule has 0 bridgehead atoms. The van der Waals surface area contributed by atoms with Crippen molar-refractivity contribution in [3.05, 3.63) is 29.2 Å². The van der Waals surface area contributed by atoms with E-state index in [9.17, 15) is 4.79 Å². The van der Waals surface area contributed by atoms with Crippen molar-refractivity contribution in [3.63, 3.8) is 0 Å². The molecule has 1 saturated heterocycles. The van der Waals surface area contributed by atoms with Gasteiger partial charge in [0.05, 0.1) is 0 Å². The van der Waals surface area contributed by atoms with Gasteiger partial charge in [0.25, 0.3) is 5.91 Å². The maximum Gasteiger partial charge on any atom is 0.276 e. The predicted octanol–water partition coefficient (Wildman–Crippen LogP) is 2.34. The van der Waals surface area contributed by atoms with Crippen LogP contribution in [0, 0.1) is 6.92 Å². The standard InChI is InChI=1S/C15H20N4O3/c1-3-4-13-16-14(22-18-13)11-5-7-19(8-6-11)15(20)12-9-10(2)21-17-12/h9,11H,3-8H2,1-2H3. The highest BCUT2D eigenvalue weighted by Crippen LogP contribution is 2.27. The highest BCUT2D eigenvalue weighted by Gasteiger charge is 2.29. The first-order valence-corrected chi connectivity index (χ1v) is 7.72. The molecule has 0 spiro atoms. The zero-order valence-corrected chi connectivity index (χ0v) is 12.9. The van der Waals surface area contributed by atoms with E-state index in [0.29, 0.717) is 30.4 Å². The fourth-order valence-corrected chi connectivity index (χ4v) is 2.72. The summed E-state index contributed by atoms with van der Waals surface area (Å²) < 4.78 is 10.3. The number of aryl methyl sites for hydroxylation is 2. The average Bonchev–Trinajstić information content (AvgIpc) is 3.16. The SMILES string of the molecule is CCCc1noc(C2CCN(C(=O)c3cc(C)on3)CC2)n1. The average molecular weight is 304 g/mol. The molecule has 1 aliphatic heterocycles. The van der Waals surface area contributed by atoms with Gasteiger partial charge < -0.3 is 13.9 Å². The molecule has 1 fully saturated rings. The lowest BCUT2D eigenvalue weighted by Crippen LogP contribution is -2.38. The quantitative estimate of drug-likeness (QED) is 0.862. The van der Waals surface area contributed by atoms with Gasteiger partial charge in [0.2, 0.25) is 5.89 Å². The largest absolute Gasteiger partial charge is 0.361 e. The zero-order chi connectivity index (χ0) is 15.5. The molecule has 1 amide bonds.